The summed E-state index contributed by atoms with van der Waals surface area (Å²) in [7, 11) is -1.67. The fraction of sp³-hybridized carbons (Fsp3) is 0.538. The van der Waals surface area contributed by atoms with Gasteiger partial charge in [-0.15, -0.1) is 0 Å². The summed E-state index contributed by atoms with van der Waals surface area (Å²) in [6, 6.07) is 5.02. The Kier molecular flexibility index (Phi) is 4.31. The zero-order valence-electron chi connectivity index (χ0n) is 11.0. The molecule has 1 aromatic carbocycles. The Balaban J connectivity index is 2.08. The monoisotopic (exact) mass is 285 g/mol. The molecule has 106 valence electrons. The lowest BCUT2D eigenvalue weighted by atomic mass is 10.2. The highest BCUT2D eigenvalue weighted by atomic mass is 32.2. The number of nitrogen functional groups attached to an aromatic ring is 1. The van der Waals surface area contributed by atoms with Crippen molar-refractivity contribution in [2.45, 2.75) is 24.7 Å². The van der Waals surface area contributed by atoms with Crippen LogP contribution in [0.4, 0.5) is 5.69 Å². The first-order valence-corrected chi connectivity index (χ1v) is 8.06. The summed E-state index contributed by atoms with van der Waals surface area (Å²) in [6.07, 6.45) is 1.60. The number of rotatable bonds is 5. The minimum atomic E-state index is -3.20. The molecule has 0 bridgehead atoms. The average Bonchev–Trinajstić information content (AvgIpc) is 2.79. The number of sulfone groups is 1. The molecule has 1 heterocycles. The second kappa shape index (κ2) is 5.79. The number of nitrogens with two attached hydrogens (primary N) is 1. The molecular weight excluding hydrogens is 266 g/mol. The standard InChI is InChI=1S/C13H19NO4S/c1-17-13-6-10(5-11(14)7-13)8-19(15,16)9-12-3-2-4-18-12/h5-7,12H,2-4,8-9,14H2,1H3. The molecule has 2 rings (SSSR count). The van der Waals surface area contributed by atoms with Gasteiger partial charge >= 0.3 is 0 Å². The van der Waals surface area contributed by atoms with Crippen LogP contribution in [0.1, 0.15) is 18.4 Å². The summed E-state index contributed by atoms with van der Waals surface area (Å²) < 4.78 is 34.7. The van der Waals surface area contributed by atoms with Gasteiger partial charge in [0.05, 0.1) is 24.7 Å². The zero-order chi connectivity index (χ0) is 13.9. The van der Waals surface area contributed by atoms with Gasteiger partial charge in [-0.25, -0.2) is 8.42 Å². The SMILES string of the molecule is COc1cc(N)cc(CS(=O)(=O)CC2CCCO2)c1. The van der Waals surface area contributed by atoms with E-state index in [0.717, 1.165) is 12.8 Å². The van der Waals surface area contributed by atoms with Crippen molar-refractivity contribution >= 4 is 15.5 Å². The molecule has 5 nitrogen and oxygen atoms in total. The van der Waals surface area contributed by atoms with Crippen molar-refractivity contribution in [2.75, 3.05) is 25.2 Å². The summed E-state index contributed by atoms with van der Waals surface area (Å²) in [4.78, 5) is 0. The van der Waals surface area contributed by atoms with Crippen LogP contribution in [0.5, 0.6) is 5.75 Å². The lowest BCUT2D eigenvalue weighted by Gasteiger charge is -2.11. The number of ether oxygens (including phenoxy) is 2. The first-order valence-electron chi connectivity index (χ1n) is 6.24. The summed E-state index contributed by atoms with van der Waals surface area (Å²) in [5.74, 6) is 0.612. The Morgan fingerprint density at radius 2 is 2.21 bits per heavy atom. The van der Waals surface area contributed by atoms with Crippen molar-refractivity contribution in [1.29, 1.82) is 0 Å². The third kappa shape index (κ3) is 4.11. The maximum absolute atomic E-state index is 12.1. The summed E-state index contributed by atoms with van der Waals surface area (Å²) in [6.45, 7) is 0.659. The third-order valence-corrected chi connectivity index (χ3v) is 4.73. The summed E-state index contributed by atoms with van der Waals surface area (Å²) in [5, 5.41) is 0. The van der Waals surface area contributed by atoms with Crippen LogP contribution in [0.15, 0.2) is 18.2 Å². The second-order valence-electron chi connectivity index (χ2n) is 4.80. The Bertz CT molecular complexity index is 536. The van der Waals surface area contributed by atoms with Gasteiger partial charge in [0.25, 0.3) is 0 Å². The molecule has 1 aliphatic rings. The van der Waals surface area contributed by atoms with Gasteiger partial charge in [-0.2, -0.15) is 0 Å². The van der Waals surface area contributed by atoms with Crippen molar-refractivity contribution in [3.8, 4) is 5.75 Å². The molecule has 19 heavy (non-hydrogen) atoms. The first-order chi connectivity index (χ1) is 8.98. The van der Waals surface area contributed by atoms with Crippen molar-refractivity contribution in [1.82, 2.24) is 0 Å². The Morgan fingerprint density at radius 1 is 1.42 bits per heavy atom. The van der Waals surface area contributed by atoms with Crippen molar-refractivity contribution in [3.05, 3.63) is 23.8 Å². The molecule has 0 amide bonds. The molecule has 2 N–H and O–H groups in total. The van der Waals surface area contributed by atoms with E-state index in [0.29, 0.717) is 23.6 Å². The molecular formula is C13H19NO4S. The van der Waals surface area contributed by atoms with Gasteiger partial charge < -0.3 is 15.2 Å². The van der Waals surface area contributed by atoms with Gasteiger partial charge in [0, 0.05) is 18.4 Å². The molecule has 1 fully saturated rings. The fourth-order valence-corrected chi connectivity index (χ4v) is 3.88. The van der Waals surface area contributed by atoms with Gasteiger partial charge in [0.15, 0.2) is 9.84 Å². The molecule has 0 radical (unpaired) electrons. The predicted molar refractivity (Wildman–Crippen MR) is 73.9 cm³/mol. The van der Waals surface area contributed by atoms with E-state index in [-0.39, 0.29) is 17.6 Å². The van der Waals surface area contributed by atoms with Gasteiger partial charge in [0.2, 0.25) is 0 Å². The van der Waals surface area contributed by atoms with E-state index in [9.17, 15) is 8.42 Å². The molecule has 0 spiro atoms. The minimum Gasteiger partial charge on any atom is -0.497 e. The average molecular weight is 285 g/mol. The van der Waals surface area contributed by atoms with Gasteiger partial charge in [-0.1, -0.05) is 0 Å². The fourth-order valence-electron chi connectivity index (χ4n) is 2.26. The normalized spacial score (nSPS) is 19.5. The Morgan fingerprint density at radius 3 is 2.84 bits per heavy atom. The highest BCUT2D eigenvalue weighted by molar-refractivity contribution is 7.90. The number of benzene rings is 1. The lowest BCUT2D eigenvalue weighted by molar-refractivity contribution is 0.127. The molecule has 1 aliphatic heterocycles. The molecule has 0 aromatic heterocycles. The molecule has 0 saturated carbocycles. The summed E-state index contributed by atoms with van der Waals surface area (Å²) >= 11 is 0. The highest BCUT2D eigenvalue weighted by Gasteiger charge is 2.23. The molecule has 6 heteroatoms. The van der Waals surface area contributed by atoms with Crippen LogP contribution in [-0.2, 0) is 20.3 Å². The number of anilines is 1. The molecule has 1 unspecified atom stereocenters. The highest BCUT2D eigenvalue weighted by Crippen LogP contribution is 2.22. The van der Waals surface area contributed by atoms with Crippen molar-refractivity contribution < 1.29 is 17.9 Å². The van der Waals surface area contributed by atoms with Crippen LogP contribution in [0, 0.1) is 0 Å². The van der Waals surface area contributed by atoms with Crippen LogP contribution < -0.4 is 10.5 Å². The predicted octanol–water partition coefficient (Wildman–Crippen LogP) is 1.37. The van der Waals surface area contributed by atoms with E-state index in [1.165, 1.54) is 7.11 Å². The van der Waals surface area contributed by atoms with E-state index in [1.54, 1.807) is 18.2 Å². The van der Waals surface area contributed by atoms with E-state index < -0.39 is 9.84 Å². The smallest absolute Gasteiger partial charge is 0.156 e. The van der Waals surface area contributed by atoms with Crippen LogP contribution in [0.25, 0.3) is 0 Å². The van der Waals surface area contributed by atoms with Crippen LogP contribution in [-0.4, -0.2) is 34.0 Å². The lowest BCUT2D eigenvalue weighted by Crippen LogP contribution is -2.21. The van der Waals surface area contributed by atoms with Gasteiger partial charge in [-0.3, -0.25) is 0 Å². The first kappa shape index (κ1) is 14.1. The van der Waals surface area contributed by atoms with Crippen molar-refractivity contribution in [3.63, 3.8) is 0 Å². The van der Waals surface area contributed by atoms with Gasteiger partial charge in [-0.05, 0) is 30.5 Å². The molecule has 1 aromatic rings. The number of hydrogen-bond acceptors (Lipinski definition) is 5. The van der Waals surface area contributed by atoms with Crippen LogP contribution >= 0.6 is 0 Å². The zero-order valence-corrected chi connectivity index (χ0v) is 11.8. The minimum absolute atomic E-state index is 0.0335. The summed E-state index contributed by atoms with van der Waals surface area (Å²) in [5.41, 5.74) is 6.87. The molecule has 1 atom stereocenters. The van der Waals surface area contributed by atoms with Gasteiger partial charge in [0.1, 0.15) is 5.75 Å². The maximum Gasteiger partial charge on any atom is 0.156 e. The third-order valence-electron chi connectivity index (χ3n) is 3.07. The Labute approximate surface area is 113 Å². The van der Waals surface area contributed by atoms with E-state index in [2.05, 4.69) is 0 Å². The van der Waals surface area contributed by atoms with E-state index in [4.69, 9.17) is 15.2 Å². The number of hydrogen-bond donors (Lipinski definition) is 1. The molecule has 1 saturated heterocycles. The second-order valence-corrected chi connectivity index (χ2v) is 6.91. The van der Waals surface area contributed by atoms with Crippen LogP contribution in [0.3, 0.4) is 0 Å². The number of methoxy groups -OCH3 is 1. The largest absolute Gasteiger partial charge is 0.497 e. The topological polar surface area (TPSA) is 78.6 Å². The maximum atomic E-state index is 12.1. The van der Waals surface area contributed by atoms with E-state index in [1.807, 2.05) is 0 Å². The van der Waals surface area contributed by atoms with Crippen LogP contribution in [0.2, 0.25) is 0 Å². The quantitative estimate of drug-likeness (QED) is 0.827. The molecule has 0 aliphatic carbocycles. The van der Waals surface area contributed by atoms with Crippen molar-refractivity contribution in [2.24, 2.45) is 0 Å². The van der Waals surface area contributed by atoms with E-state index >= 15 is 0 Å². The Hall–Kier alpha value is -1.27.